The maximum Gasteiger partial charge on any atom is 0.216 e. The number of rotatable bonds is 6. The van der Waals surface area contributed by atoms with Crippen molar-refractivity contribution in [1.29, 1.82) is 0 Å². The van der Waals surface area contributed by atoms with Crippen molar-refractivity contribution in [3.63, 3.8) is 0 Å². The molecule has 1 aliphatic carbocycles. The summed E-state index contributed by atoms with van der Waals surface area (Å²) in [4.78, 5) is 20.3. The van der Waals surface area contributed by atoms with Crippen LogP contribution in [-0.2, 0) is 18.3 Å². The Balaban J connectivity index is 1.56. The van der Waals surface area contributed by atoms with Gasteiger partial charge in [0.05, 0.1) is 12.0 Å². The van der Waals surface area contributed by atoms with Crippen LogP contribution in [0.1, 0.15) is 25.3 Å². The highest BCUT2D eigenvalue weighted by atomic mass is 19.1. The van der Waals surface area contributed by atoms with Crippen molar-refractivity contribution >= 4 is 28.5 Å². The fraction of sp³-hybridized carbons (Fsp3) is 0.333. The highest BCUT2D eigenvalue weighted by molar-refractivity contribution is 5.86. The van der Waals surface area contributed by atoms with Gasteiger partial charge in [0.1, 0.15) is 5.82 Å². The summed E-state index contributed by atoms with van der Waals surface area (Å²) in [5.41, 5.74) is 4.37. The molecule has 9 heteroatoms. The van der Waals surface area contributed by atoms with Gasteiger partial charge in [0.15, 0.2) is 22.6 Å². The maximum absolute atomic E-state index is 14.2. The summed E-state index contributed by atoms with van der Waals surface area (Å²) in [6.07, 6.45) is 4.45. The Bertz CT molecular complexity index is 1270. The van der Waals surface area contributed by atoms with Crippen LogP contribution in [0.25, 0.3) is 28.1 Å². The van der Waals surface area contributed by atoms with Crippen LogP contribution < -0.4 is 10.6 Å². The van der Waals surface area contributed by atoms with Crippen molar-refractivity contribution in [3.8, 4) is 11.3 Å². The van der Waals surface area contributed by atoms with E-state index in [1.807, 2.05) is 17.7 Å². The number of anilines is 1. The van der Waals surface area contributed by atoms with Gasteiger partial charge in [-0.15, -0.1) is 0 Å². The first-order chi connectivity index (χ1) is 14.5. The minimum Gasteiger partial charge on any atom is -0.365 e. The second-order valence-corrected chi connectivity index (χ2v) is 7.75. The number of aromatic nitrogens is 5. The first-order valence-corrected chi connectivity index (χ1v) is 10.00. The highest BCUT2D eigenvalue weighted by Crippen LogP contribution is 2.30. The number of amides is 1. The number of fused-ring (bicyclic) bond motifs is 3. The number of benzene rings is 1. The summed E-state index contributed by atoms with van der Waals surface area (Å²) < 4.78 is 17.9. The van der Waals surface area contributed by atoms with E-state index in [1.165, 1.54) is 13.0 Å². The summed E-state index contributed by atoms with van der Waals surface area (Å²) in [5.74, 6) is 0.340. The van der Waals surface area contributed by atoms with E-state index in [4.69, 9.17) is 10.1 Å². The van der Waals surface area contributed by atoms with E-state index in [2.05, 4.69) is 15.6 Å². The van der Waals surface area contributed by atoms with Gasteiger partial charge in [0.25, 0.3) is 0 Å². The van der Waals surface area contributed by atoms with E-state index in [9.17, 15) is 9.18 Å². The van der Waals surface area contributed by atoms with Crippen molar-refractivity contribution < 1.29 is 9.18 Å². The summed E-state index contributed by atoms with van der Waals surface area (Å²) in [5, 5.41) is 10.9. The van der Waals surface area contributed by atoms with Crippen LogP contribution in [0.4, 0.5) is 10.2 Å². The molecule has 0 aliphatic heterocycles. The summed E-state index contributed by atoms with van der Waals surface area (Å²) in [7, 11) is 1.93. The maximum atomic E-state index is 14.2. The molecule has 0 saturated heterocycles. The number of halogens is 1. The predicted molar refractivity (Wildman–Crippen MR) is 112 cm³/mol. The number of aryl methyl sites for hydroxylation is 1. The molecule has 0 radical (unpaired) electrons. The Morgan fingerprint density at radius 3 is 2.90 bits per heavy atom. The summed E-state index contributed by atoms with van der Waals surface area (Å²) >= 11 is 0. The number of carbonyl (C=O) groups is 1. The Morgan fingerprint density at radius 1 is 1.30 bits per heavy atom. The minimum atomic E-state index is -0.295. The Kier molecular flexibility index (Phi) is 4.38. The van der Waals surface area contributed by atoms with Gasteiger partial charge in [-0.2, -0.15) is 9.61 Å². The monoisotopic (exact) mass is 407 g/mol. The van der Waals surface area contributed by atoms with Crippen LogP contribution in [0, 0.1) is 5.82 Å². The number of nitrogens with zero attached hydrogens (tertiary/aromatic N) is 5. The van der Waals surface area contributed by atoms with Crippen LogP contribution >= 0.6 is 0 Å². The molecule has 0 spiro atoms. The lowest BCUT2D eigenvalue weighted by Gasteiger charge is -2.06. The fourth-order valence-electron chi connectivity index (χ4n) is 3.58. The molecule has 30 heavy (non-hydrogen) atoms. The summed E-state index contributed by atoms with van der Waals surface area (Å²) in [6.45, 7) is 1.83. The van der Waals surface area contributed by atoms with E-state index in [-0.39, 0.29) is 11.7 Å². The molecule has 4 aromatic rings. The number of hydrogen-bond donors (Lipinski definition) is 2. The lowest BCUT2D eigenvalue weighted by Crippen LogP contribution is -2.22. The van der Waals surface area contributed by atoms with Crippen molar-refractivity contribution in [2.75, 3.05) is 11.9 Å². The van der Waals surface area contributed by atoms with Crippen molar-refractivity contribution in [2.24, 2.45) is 7.05 Å². The van der Waals surface area contributed by atoms with Crippen LogP contribution in [0.15, 0.2) is 30.6 Å². The van der Waals surface area contributed by atoms with Gasteiger partial charge >= 0.3 is 0 Å². The third-order valence-electron chi connectivity index (χ3n) is 5.28. The van der Waals surface area contributed by atoms with Crippen LogP contribution in [-0.4, -0.2) is 42.6 Å². The third kappa shape index (κ3) is 3.36. The van der Waals surface area contributed by atoms with Crippen molar-refractivity contribution in [1.82, 2.24) is 29.5 Å². The van der Waals surface area contributed by atoms with Gasteiger partial charge in [-0.05, 0) is 43.0 Å². The second kappa shape index (κ2) is 7.08. The van der Waals surface area contributed by atoms with Gasteiger partial charge in [-0.1, -0.05) is 0 Å². The molecule has 8 nitrogen and oxygen atoms in total. The van der Waals surface area contributed by atoms with Crippen LogP contribution in [0.5, 0.6) is 0 Å². The van der Waals surface area contributed by atoms with Gasteiger partial charge < -0.3 is 15.2 Å². The zero-order valence-electron chi connectivity index (χ0n) is 16.8. The number of hydrogen-bond acceptors (Lipinski definition) is 5. The van der Waals surface area contributed by atoms with Gasteiger partial charge in [0.2, 0.25) is 5.91 Å². The Hall–Kier alpha value is -3.49. The topological polar surface area (TPSA) is 89.1 Å². The summed E-state index contributed by atoms with van der Waals surface area (Å²) in [6, 6.07) is 7.28. The zero-order valence-corrected chi connectivity index (χ0v) is 16.8. The average Bonchev–Trinajstić information content (AvgIpc) is 3.28. The number of imidazole rings is 1. The van der Waals surface area contributed by atoms with E-state index in [1.54, 1.807) is 23.0 Å². The first kappa shape index (κ1) is 18.5. The molecule has 3 aromatic heterocycles. The molecular weight excluding hydrogens is 385 g/mol. The molecule has 0 bridgehead atoms. The fourth-order valence-corrected chi connectivity index (χ4v) is 3.58. The smallest absolute Gasteiger partial charge is 0.216 e. The molecule has 1 aromatic carbocycles. The van der Waals surface area contributed by atoms with Crippen molar-refractivity contribution in [2.45, 2.75) is 32.2 Å². The van der Waals surface area contributed by atoms with Gasteiger partial charge in [-0.25, -0.2) is 14.4 Å². The first-order valence-electron chi connectivity index (χ1n) is 10.00. The Labute approximate surface area is 172 Å². The quantitative estimate of drug-likeness (QED) is 0.513. The predicted octanol–water partition coefficient (Wildman–Crippen LogP) is 2.68. The molecule has 5 rings (SSSR count). The molecular formula is C21H22FN7O. The molecule has 0 atom stereocenters. The van der Waals surface area contributed by atoms with Crippen LogP contribution in [0.3, 0.4) is 0 Å². The van der Waals surface area contributed by atoms with Gasteiger partial charge in [-0.3, -0.25) is 4.79 Å². The second-order valence-electron chi connectivity index (χ2n) is 7.75. The molecule has 154 valence electrons. The lowest BCUT2D eigenvalue weighted by atomic mass is 10.1. The zero-order chi connectivity index (χ0) is 20.8. The third-order valence-corrected chi connectivity index (χ3v) is 5.28. The van der Waals surface area contributed by atoms with E-state index < -0.39 is 0 Å². The largest absolute Gasteiger partial charge is 0.365 e. The highest BCUT2D eigenvalue weighted by Gasteiger charge is 2.24. The number of nitrogens with one attached hydrogen (secondary N) is 2. The normalized spacial score (nSPS) is 13.8. The molecule has 1 fully saturated rings. The van der Waals surface area contributed by atoms with Gasteiger partial charge in [0, 0.05) is 38.2 Å². The lowest BCUT2D eigenvalue weighted by molar-refractivity contribution is -0.118. The van der Waals surface area contributed by atoms with E-state index in [0.29, 0.717) is 35.9 Å². The van der Waals surface area contributed by atoms with Crippen LogP contribution in [0.2, 0.25) is 0 Å². The standard InChI is InChI=1S/C21H22FN7O/c1-12(30)23-8-7-13-9-14(3-6-16(13)22)17-10-18-26-20(25-15-4-5-15)19-21(29(18)27-17)28(2)11-24-19/h3,6,9-11,15H,4-5,7-8H2,1-2H3,(H,23,30)(H,25,26). The molecule has 1 saturated carbocycles. The SMILES string of the molecule is CC(=O)NCCc1cc(-c2cc3nc(NC4CC4)c4ncn(C)c4n3n2)ccc1F. The molecule has 0 unspecified atom stereocenters. The Morgan fingerprint density at radius 2 is 2.13 bits per heavy atom. The molecule has 2 N–H and O–H groups in total. The molecule has 1 aliphatic rings. The average molecular weight is 407 g/mol. The minimum absolute atomic E-state index is 0.131. The van der Waals surface area contributed by atoms with E-state index in [0.717, 1.165) is 35.4 Å². The van der Waals surface area contributed by atoms with Crippen molar-refractivity contribution in [3.05, 3.63) is 42.0 Å². The van der Waals surface area contributed by atoms with E-state index >= 15 is 0 Å². The molecule has 1 amide bonds. The molecule has 3 heterocycles. The number of carbonyl (C=O) groups excluding carboxylic acids is 1.